The maximum Gasteiger partial charge on any atom is 0.229 e. The lowest BCUT2D eigenvalue weighted by Gasteiger charge is -2.39. The Morgan fingerprint density at radius 1 is 0.828 bits per heavy atom. The van der Waals surface area contributed by atoms with Crippen molar-refractivity contribution < 1.29 is 45.2 Å². The zero-order chi connectivity index (χ0) is 21.1. The lowest BCUT2D eigenvalue weighted by atomic mass is 9.99. The third-order valence-corrected chi connectivity index (χ3v) is 4.48. The summed E-state index contributed by atoms with van der Waals surface area (Å²) in [6.45, 7) is -0.585. The van der Waals surface area contributed by atoms with Gasteiger partial charge in [-0.05, 0) is 35.4 Å². The molecule has 2 aromatic carbocycles. The lowest BCUT2D eigenvalue weighted by molar-refractivity contribution is -0.277. The summed E-state index contributed by atoms with van der Waals surface area (Å²) in [4.78, 5) is 0. The van der Waals surface area contributed by atoms with Gasteiger partial charge < -0.3 is 45.2 Å². The molecule has 2 aromatic rings. The summed E-state index contributed by atoms with van der Waals surface area (Å²) < 4.78 is 10.8. The van der Waals surface area contributed by atoms with Gasteiger partial charge in [-0.15, -0.1) is 0 Å². The van der Waals surface area contributed by atoms with Gasteiger partial charge in [0.2, 0.25) is 6.29 Å². The van der Waals surface area contributed by atoms with Gasteiger partial charge in [-0.3, -0.25) is 0 Å². The summed E-state index contributed by atoms with van der Waals surface area (Å²) in [6, 6.07) is 8.52. The van der Waals surface area contributed by atoms with E-state index < -0.39 is 37.3 Å². The summed E-state index contributed by atoms with van der Waals surface area (Å²) in [7, 11) is 0. The van der Waals surface area contributed by atoms with E-state index in [0.717, 1.165) is 0 Å². The zero-order valence-electron chi connectivity index (χ0n) is 15.2. The fourth-order valence-electron chi connectivity index (χ4n) is 2.91. The van der Waals surface area contributed by atoms with E-state index >= 15 is 0 Å². The molecule has 29 heavy (non-hydrogen) atoms. The van der Waals surface area contributed by atoms with Crippen LogP contribution in [0.25, 0.3) is 12.2 Å². The van der Waals surface area contributed by atoms with Crippen molar-refractivity contribution in [3.8, 4) is 23.0 Å². The Kier molecular flexibility index (Phi) is 6.26. The first kappa shape index (κ1) is 20.9. The Bertz CT molecular complexity index is 880. The first-order chi connectivity index (χ1) is 13.8. The highest BCUT2D eigenvalue weighted by Crippen LogP contribution is 2.29. The molecule has 9 nitrogen and oxygen atoms in total. The van der Waals surface area contributed by atoms with Gasteiger partial charge in [-0.25, -0.2) is 0 Å². The number of aliphatic hydroxyl groups is 4. The normalized spacial score (nSPS) is 27.2. The van der Waals surface area contributed by atoms with Crippen LogP contribution in [0.4, 0.5) is 0 Å². The average molecular weight is 406 g/mol. The monoisotopic (exact) mass is 406 g/mol. The fraction of sp³-hybridized carbons (Fsp3) is 0.300. The van der Waals surface area contributed by atoms with Crippen LogP contribution in [0.1, 0.15) is 11.1 Å². The van der Waals surface area contributed by atoms with Crippen LogP contribution in [0.2, 0.25) is 0 Å². The van der Waals surface area contributed by atoms with Crippen LogP contribution in [-0.4, -0.2) is 73.1 Å². The number of benzene rings is 2. The molecule has 0 aliphatic carbocycles. The second-order valence-electron chi connectivity index (χ2n) is 6.66. The molecular weight excluding hydrogens is 384 g/mol. The van der Waals surface area contributed by atoms with Crippen molar-refractivity contribution in [3.63, 3.8) is 0 Å². The van der Waals surface area contributed by atoms with Gasteiger partial charge in [-0.2, -0.15) is 0 Å². The topological polar surface area (TPSA) is 160 Å². The van der Waals surface area contributed by atoms with Crippen molar-refractivity contribution in [1.82, 2.24) is 0 Å². The van der Waals surface area contributed by atoms with Crippen LogP contribution < -0.4 is 4.74 Å². The Balaban J connectivity index is 1.78. The molecular formula is C20H22O9. The molecule has 0 unspecified atom stereocenters. The number of aromatic hydroxyl groups is 3. The van der Waals surface area contributed by atoms with Gasteiger partial charge >= 0.3 is 0 Å². The van der Waals surface area contributed by atoms with E-state index in [-0.39, 0.29) is 23.0 Å². The minimum atomic E-state index is -1.58. The highest BCUT2D eigenvalue weighted by molar-refractivity contribution is 5.72. The number of rotatable bonds is 5. The van der Waals surface area contributed by atoms with Gasteiger partial charge in [0, 0.05) is 6.07 Å². The summed E-state index contributed by atoms with van der Waals surface area (Å²) in [5.41, 5.74) is 1.11. The number of aliphatic hydroxyl groups excluding tert-OH is 4. The van der Waals surface area contributed by atoms with E-state index in [0.29, 0.717) is 11.1 Å². The van der Waals surface area contributed by atoms with Crippen LogP contribution in [-0.2, 0) is 4.74 Å². The van der Waals surface area contributed by atoms with Crippen LogP contribution in [0, 0.1) is 0 Å². The first-order valence-electron chi connectivity index (χ1n) is 8.80. The van der Waals surface area contributed by atoms with Crippen molar-refractivity contribution >= 4 is 12.2 Å². The van der Waals surface area contributed by atoms with Crippen LogP contribution in [0.15, 0.2) is 36.4 Å². The van der Waals surface area contributed by atoms with E-state index in [1.54, 1.807) is 18.2 Å². The molecule has 1 saturated heterocycles. The summed E-state index contributed by atoms with van der Waals surface area (Å²) >= 11 is 0. The molecule has 0 bridgehead atoms. The Morgan fingerprint density at radius 3 is 2.24 bits per heavy atom. The second-order valence-corrected chi connectivity index (χ2v) is 6.66. The van der Waals surface area contributed by atoms with Crippen LogP contribution >= 0.6 is 0 Å². The molecule has 3 rings (SSSR count). The maximum absolute atomic E-state index is 10.1. The minimum Gasteiger partial charge on any atom is -0.508 e. The third kappa shape index (κ3) is 4.78. The molecule has 9 heteroatoms. The van der Waals surface area contributed by atoms with E-state index in [2.05, 4.69) is 0 Å². The third-order valence-electron chi connectivity index (χ3n) is 4.48. The van der Waals surface area contributed by atoms with Crippen molar-refractivity contribution in [2.75, 3.05) is 6.61 Å². The average Bonchev–Trinajstić information content (AvgIpc) is 2.69. The number of hydrogen-bond donors (Lipinski definition) is 7. The van der Waals surface area contributed by atoms with Crippen molar-refractivity contribution in [2.24, 2.45) is 0 Å². The number of phenolic OH excluding ortho intramolecular Hbond substituents is 3. The Hall–Kier alpha value is -2.82. The molecule has 0 spiro atoms. The zero-order valence-corrected chi connectivity index (χ0v) is 15.2. The highest BCUT2D eigenvalue weighted by Gasteiger charge is 2.44. The molecule has 1 heterocycles. The molecule has 1 fully saturated rings. The molecule has 0 radical (unpaired) electrons. The van der Waals surface area contributed by atoms with E-state index in [1.807, 2.05) is 0 Å². The minimum absolute atomic E-state index is 0.113. The van der Waals surface area contributed by atoms with Crippen molar-refractivity contribution in [1.29, 1.82) is 0 Å². The van der Waals surface area contributed by atoms with E-state index in [4.69, 9.17) is 9.47 Å². The molecule has 0 aromatic heterocycles. The van der Waals surface area contributed by atoms with Crippen molar-refractivity contribution in [3.05, 3.63) is 47.5 Å². The predicted octanol–water partition coefficient (Wildman–Crippen LogP) is 0.152. The highest BCUT2D eigenvalue weighted by atomic mass is 16.7. The standard InChI is InChI=1S/C20H22O9/c21-9-16-17(25)18(26)19(27)20(29-16)28-13-6-11(5-12(22)8-13)2-1-10-3-4-14(23)15(24)7-10/h1-8,16-27H,9H2/t16-,17-,18+,19-,20+/m1/s1. The second kappa shape index (κ2) is 8.68. The van der Waals surface area contributed by atoms with Crippen molar-refractivity contribution in [2.45, 2.75) is 30.7 Å². The number of phenols is 3. The van der Waals surface area contributed by atoms with Crippen LogP contribution in [0.3, 0.4) is 0 Å². The largest absolute Gasteiger partial charge is 0.508 e. The molecule has 1 aliphatic rings. The molecule has 156 valence electrons. The predicted molar refractivity (Wildman–Crippen MR) is 101 cm³/mol. The smallest absolute Gasteiger partial charge is 0.229 e. The molecule has 0 amide bonds. The molecule has 0 saturated carbocycles. The van der Waals surface area contributed by atoms with Gasteiger partial charge in [0.05, 0.1) is 6.61 Å². The first-order valence-corrected chi connectivity index (χ1v) is 8.80. The maximum atomic E-state index is 10.1. The van der Waals surface area contributed by atoms with Gasteiger partial charge in [0.25, 0.3) is 0 Å². The van der Waals surface area contributed by atoms with E-state index in [9.17, 15) is 35.7 Å². The van der Waals surface area contributed by atoms with Gasteiger partial charge in [0.1, 0.15) is 35.9 Å². The van der Waals surface area contributed by atoms with E-state index in [1.165, 1.54) is 30.3 Å². The Morgan fingerprint density at radius 2 is 1.55 bits per heavy atom. The SMILES string of the molecule is OC[C@H]1O[C@H](Oc2cc(O)cc(C=Cc3ccc(O)c(O)c3)c2)[C@H](O)[C@@H](O)[C@@H]1O. The number of ether oxygens (including phenoxy) is 2. The quantitative estimate of drug-likeness (QED) is 0.271. The molecule has 7 N–H and O–H groups in total. The Labute approximate surface area is 165 Å². The molecule has 5 atom stereocenters. The summed E-state index contributed by atoms with van der Waals surface area (Å²) in [5.74, 6) is -0.535. The summed E-state index contributed by atoms with van der Waals surface area (Å²) in [5, 5.41) is 67.8. The van der Waals surface area contributed by atoms with Crippen LogP contribution in [0.5, 0.6) is 23.0 Å². The number of hydrogen-bond acceptors (Lipinski definition) is 9. The summed E-state index contributed by atoms with van der Waals surface area (Å²) in [6.07, 6.45) is -3.90. The molecule has 1 aliphatic heterocycles. The fourth-order valence-corrected chi connectivity index (χ4v) is 2.91. The van der Waals surface area contributed by atoms with Gasteiger partial charge in [0.15, 0.2) is 11.5 Å². The van der Waals surface area contributed by atoms with Gasteiger partial charge in [-0.1, -0.05) is 18.2 Å². The lowest BCUT2D eigenvalue weighted by Crippen LogP contribution is -2.60.